The molecule has 0 aromatic carbocycles. The molecule has 0 aliphatic heterocycles. The Morgan fingerprint density at radius 1 is 1.12 bits per heavy atom. The molecule has 0 atom stereocenters. The van der Waals surface area contributed by atoms with Crippen LogP contribution in [0.1, 0.15) is 20.8 Å². The molecule has 0 aliphatic carbocycles. The Morgan fingerprint density at radius 3 is 1.88 bits per heavy atom. The number of rotatable bonds is 5. The third kappa shape index (κ3) is 5.26. The summed E-state index contributed by atoms with van der Waals surface area (Å²) in [6.45, 7) is 3.50. The summed E-state index contributed by atoms with van der Waals surface area (Å²) in [5.74, 6) is 0. The van der Waals surface area contributed by atoms with Gasteiger partial charge in [0.15, 0.2) is 0 Å². The highest BCUT2D eigenvalue weighted by molar-refractivity contribution is 5.67. The van der Waals surface area contributed by atoms with Crippen molar-refractivity contribution in [2.24, 2.45) is 0 Å². The molecule has 5 N–H and O–H groups in total. The predicted molar refractivity (Wildman–Crippen MR) is 56.5 cm³/mol. The minimum absolute atomic E-state index is 0.532. The Labute approximate surface area is 94.4 Å². The molecule has 0 radical (unpaired) electrons. The average Bonchev–Trinajstić information content (AvgIpc) is 2.18. The van der Waals surface area contributed by atoms with Crippen LogP contribution in [0.4, 0.5) is 4.79 Å². The van der Waals surface area contributed by atoms with Crippen molar-refractivity contribution in [3.8, 4) is 0 Å². The number of carbonyl (C=O) groups excluding carboxylic acids is 1. The van der Waals surface area contributed by atoms with Gasteiger partial charge in [0.2, 0.25) is 0 Å². The lowest BCUT2D eigenvalue weighted by Gasteiger charge is -2.29. The zero-order valence-corrected chi connectivity index (χ0v) is 9.78. The van der Waals surface area contributed by atoms with E-state index in [9.17, 15) is 4.79 Å². The molecule has 0 saturated heterocycles. The van der Waals surface area contributed by atoms with E-state index in [2.05, 4.69) is 10.9 Å². The summed E-state index contributed by atoms with van der Waals surface area (Å²) >= 11 is 0. The van der Waals surface area contributed by atoms with E-state index in [1.54, 1.807) is 20.8 Å². The van der Waals surface area contributed by atoms with Gasteiger partial charge in [0, 0.05) is 0 Å². The van der Waals surface area contributed by atoms with E-state index in [1.807, 2.05) is 0 Å². The van der Waals surface area contributed by atoms with Crippen molar-refractivity contribution in [2.75, 3.05) is 19.8 Å². The molecule has 0 aliphatic rings. The maximum atomic E-state index is 11.2. The number of nitrogens with one attached hydrogen (secondary N) is 2. The summed E-state index contributed by atoms with van der Waals surface area (Å²) in [4.78, 5) is 11.2. The van der Waals surface area contributed by atoms with E-state index in [0.29, 0.717) is 0 Å². The molecule has 0 bridgehead atoms. The van der Waals surface area contributed by atoms with Gasteiger partial charge in [-0.25, -0.2) is 10.2 Å². The lowest BCUT2D eigenvalue weighted by molar-refractivity contribution is 0.0176. The number of carbonyl (C=O) groups is 1. The van der Waals surface area contributed by atoms with E-state index in [4.69, 9.17) is 20.1 Å². The fourth-order valence-electron chi connectivity index (χ4n) is 0.756. The number of hydrazine groups is 1. The third-order valence-electron chi connectivity index (χ3n) is 1.74. The van der Waals surface area contributed by atoms with Gasteiger partial charge < -0.3 is 20.1 Å². The topological polar surface area (TPSA) is 111 Å². The quantitative estimate of drug-likeness (QED) is 0.381. The van der Waals surface area contributed by atoms with E-state index in [-0.39, 0.29) is 0 Å². The van der Waals surface area contributed by atoms with Gasteiger partial charge in [0.05, 0.1) is 19.8 Å². The van der Waals surface area contributed by atoms with Crippen molar-refractivity contribution < 1.29 is 24.9 Å². The second-order valence-electron chi connectivity index (χ2n) is 4.51. The molecule has 0 spiro atoms. The van der Waals surface area contributed by atoms with Crippen LogP contribution in [0, 0.1) is 0 Å². The van der Waals surface area contributed by atoms with Gasteiger partial charge in [-0.05, 0) is 20.8 Å². The van der Waals surface area contributed by atoms with Gasteiger partial charge in [-0.1, -0.05) is 0 Å². The van der Waals surface area contributed by atoms with Gasteiger partial charge in [0.1, 0.15) is 11.1 Å². The molecular formula is C9H20N2O5. The van der Waals surface area contributed by atoms with Crippen LogP contribution in [-0.2, 0) is 4.74 Å². The van der Waals surface area contributed by atoms with Gasteiger partial charge in [-0.2, -0.15) is 0 Å². The van der Waals surface area contributed by atoms with Gasteiger partial charge in [0.25, 0.3) is 0 Å². The van der Waals surface area contributed by atoms with Crippen LogP contribution in [0.15, 0.2) is 0 Å². The predicted octanol–water partition coefficient (Wildman–Crippen LogP) is -1.27. The van der Waals surface area contributed by atoms with E-state index >= 15 is 0 Å². The van der Waals surface area contributed by atoms with E-state index in [0.717, 1.165) is 0 Å². The minimum Gasteiger partial charge on any atom is -0.443 e. The number of hydrogen-bond donors (Lipinski definition) is 5. The molecule has 96 valence electrons. The smallest absolute Gasteiger partial charge is 0.422 e. The Morgan fingerprint density at radius 2 is 1.56 bits per heavy atom. The molecule has 0 saturated carbocycles. The number of aliphatic hydroxyl groups is 3. The molecule has 7 nitrogen and oxygen atoms in total. The monoisotopic (exact) mass is 236 g/mol. The molecular weight excluding hydrogens is 216 g/mol. The summed E-state index contributed by atoms with van der Waals surface area (Å²) in [6.07, 6.45) is -0.757. The van der Waals surface area contributed by atoms with Crippen molar-refractivity contribution in [2.45, 2.75) is 31.9 Å². The van der Waals surface area contributed by atoms with Crippen LogP contribution < -0.4 is 10.9 Å². The molecule has 0 aromatic heterocycles. The molecule has 7 heteroatoms. The molecule has 0 unspecified atom stereocenters. The fourth-order valence-corrected chi connectivity index (χ4v) is 0.756. The van der Waals surface area contributed by atoms with Gasteiger partial charge in [-0.15, -0.1) is 0 Å². The van der Waals surface area contributed by atoms with Crippen molar-refractivity contribution in [3.63, 3.8) is 0 Å². The maximum absolute atomic E-state index is 11.2. The minimum atomic E-state index is -1.36. The second kappa shape index (κ2) is 6.00. The van der Waals surface area contributed by atoms with Gasteiger partial charge in [-0.3, -0.25) is 5.43 Å². The highest BCUT2D eigenvalue weighted by Gasteiger charge is 2.29. The van der Waals surface area contributed by atoms with Crippen LogP contribution in [0.5, 0.6) is 0 Å². The first-order chi connectivity index (χ1) is 7.28. The van der Waals surface area contributed by atoms with Crippen LogP contribution in [-0.4, -0.2) is 52.4 Å². The molecule has 0 heterocycles. The normalized spacial score (nSPS) is 12.4. The first kappa shape index (κ1) is 15.1. The Hall–Kier alpha value is -0.890. The van der Waals surface area contributed by atoms with Crippen molar-refractivity contribution in [3.05, 3.63) is 0 Å². The third-order valence-corrected chi connectivity index (χ3v) is 1.74. The molecule has 0 fully saturated rings. The molecule has 1 amide bonds. The summed E-state index contributed by atoms with van der Waals surface area (Å²) in [5, 5.41) is 26.8. The summed E-state index contributed by atoms with van der Waals surface area (Å²) in [5.41, 5.74) is 2.46. The van der Waals surface area contributed by atoms with Crippen LogP contribution >= 0.6 is 0 Å². The molecule has 0 rings (SSSR count). The van der Waals surface area contributed by atoms with Crippen LogP contribution in [0.2, 0.25) is 0 Å². The number of aliphatic hydroxyl groups excluding tert-OH is 3. The first-order valence-electron chi connectivity index (χ1n) is 4.87. The van der Waals surface area contributed by atoms with Crippen molar-refractivity contribution in [1.82, 2.24) is 10.9 Å². The lowest BCUT2D eigenvalue weighted by Crippen LogP contribution is -2.61. The highest BCUT2D eigenvalue weighted by atomic mass is 16.6. The first-order valence-corrected chi connectivity index (χ1v) is 4.87. The highest BCUT2D eigenvalue weighted by Crippen LogP contribution is 2.06. The summed E-state index contributed by atoms with van der Waals surface area (Å²) in [6, 6.07) is 0. The van der Waals surface area contributed by atoms with Crippen molar-refractivity contribution in [1.29, 1.82) is 0 Å². The molecule has 0 aromatic rings. The number of hydrogen-bond acceptors (Lipinski definition) is 6. The van der Waals surface area contributed by atoms with E-state index < -0.39 is 37.1 Å². The standard InChI is InChI=1S/C9H20N2O5/c1-8(2,3)16-7(15)10-11-9(4-12,5-13)6-14/h11-14H,4-6H2,1-3H3,(H,10,15). The Bertz CT molecular complexity index is 214. The van der Waals surface area contributed by atoms with Crippen LogP contribution in [0.25, 0.3) is 0 Å². The number of amides is 1. The lowest BCUT2D eigenvalue weighted by atomic mass is 10.1. The zero-order valence-electron chi connectivity index (χ0n) is 9.78. The van der Waals surface area contributed by atoms with Gasteiger partial charge >= 0.3 is 6.09 Å². The van der Waals surface area contributed by atoms with E-state index in [1.165, 1.54) is 0 Å². The van der Waals surface area contributed by atoms with Crippen LogP contribution in [0.3, 0.4) is 0 Å². The number of ether oxygens (including phenoxy) is 1. The average molecular weight is 236 g/mol. The second-order valence-corrected chi connectivity index (χ2v) is 4.51. The Balaban J connectivity index is 4.17. The fraction of sp³-hybridized carbons (Fsp3) is 0.889. The summed E-state index contributed by atoms with van der Waals surface area (Å²) in [7, 11) is 0. The van der Waals surface area contributed by atoms with Crippen molar-refractivity contribution >= 4 is 6.09 Å². The molecule has 16 heavy (non-hydrogen) atoms. The zero-order chi connectivity index (χ0) is 12.8. The maximum Gasteiger partial charge on any atom is 0.422 e. The Kier molecular flexibility index (Phi) is 5.66. The largest absolute Gasteiger partial charge is 0.443 e. The SMILES string of the molecule is CC(C)(C)OC(=O)NNC(CO)(CO)CO. The summed E-state index contributed by atoms with van der Waals surface area (Å²) < 4.78 is 4.91.